The van der Waals surface area contributed by atoms with Crippen molar-refractivity contribution in [2.75, 3.05) is 25.0 Å². The number of nitrogens with one attached hydrogen (secondary N) is 1. The molecule has 1 aliphatic rings. The maximum absolute atomic E-state index is 13.8. The van der Waals surface area contributed by atoms with Crippen LogP contribution in [0.2, 0.25) is 0 Å². The maximum Gasteiger partial charge on any atom is 0.410 e. The zero-order valence-corrected chi connectivity index (χ0v) is 18.0. The second-order valence-corrected chi connectivity index (χ2v) is 8.52. The van der Waals surface area contributed by atoms with Crippen molar-refractivity contribution in [3.05, 3.63) is 28.2 Å². The lowest BCUT2D eigenvalue weighted by Gasteiger charge is -2.33. The van der Waals surface area contributed by atoms with Crippen LogP contribution in [0.3, 0.4) is 0 Å². The highest BCUT2D eigenvalue weighted by molar-refractivity contribution is 9.10. The fourth-order valence-electron chi connectivity index (χ4n) is 2.75. The van der Waals surface area contributed by atoms with Crippen LogP contribution in [0.15, 0.2) is 16.6 Å². The first-order chi connectivity index (χ1) is 13.5. The number of ether oxygens (including phenoxy) is 2. The average Bonchev–Trinajstić information content (AvgIpc) is 2.61. The van der Waals surface area contributed by atoms with Gasteiger partial charge in [0.2, 0.25) is 0 Å². The molecule has 160 valence electrons. The molecule has 0 bridgehead atoms. The zero-order chi connectivity index (χ0) is 21.8. The first-order valence-electron chi connectivity index (χ1n) is 9.05. The molecule has 0 radical (unpaired) electrons. The molecule has 0 saturated carbocycles. The van der Waals surface area contributed by atoms with Crippen LogP contribution in [0, 0.1) is 17.6 Å². The van der Waals surface area contributed by atoms with Crippen LogP contribution >= 0.6 is 15.9 Å². The number of benzene rings is 1. The molecule has 1 aromatic rings. The predicted octanol–water partition coefficient (Wildman–Crippen LogP) is 3.86. The van der Waals surface area contributed by atoms with E-state index in [1.165, 1.54) is 4.90 Å². The van der Waals surface area contributed by atoms with E-state index in [9.17, 15) is 23.2 Å². The molecule has 1 N–H and O–H groups in total. The topological polar surface area (TPSA) is 84.9 Å². The van der Waals surface area contributed by atoms with Crippen LogP contribution in [-0.4, -0.2) is 48.2 Å². The molecule has 1 aliphatic heterocycles. The van der Waals surface area contributed by atoms with Crippen molar-refractivity contribution in [3.63, 3.8) is 0 Å². The van der Waals surface area contributed by atoms with Crippen molar-refractivity contribution in [2.45, 2.75) is 39.2 Å². The number of likely N-dealkylation sites (tertiary alicyclic amines) is 1. The minimum atomic E-state index is -0.961. The van der Waals surface area contributed by atoms with Gasteiger partial charge in [-0.2, -0.15) is 0 Å². The molecule has 2 amide bonds. The van der Waals surface area contributed by atoms with E-state index in [4.69, 9.17) is 9.47 Å². The van der Waals surface area contributed by atoms with Crippen LogP contribution in [0.1, 0.15) is 33.6 Å². The fraction of sp³-hybridized carbons (Fsp3) is 0.526. The summed E-state index contributed by atoms with van der Waals surface area (Å²) in [5.74, 6) is -3.75. The molecule has 1 heterocycles. The largest absolute Gasteiger partial charge is 0.455 e. The van der Waals surface area contributed by atoms with Gasteiger partial charge in [-0.3, -0.25) is 9.59 Å². The summed E-state index contributed by atoms with van der Waals surface area (Å²) in [5, 5.41) is 2.23. The lowest BCUT2D eigenvalue weighted by atomic mass is 9.98. The smallest absolute Gasteiger partial charge is 0.410 e. The van der Waals surface area contributed by atoms with Gasteiger partial charge in [-0.25, -0.2) is 13.6 Å². The van der Waals surface area contributed by atoms with Crippen LogP contribution in [0.25, 0.3) is 0 Å². The van der Waals surface area contributed by atoms with Crippen molar-refractivity contribution < 1.29 is 32.6 Å². The number of hydrogen-bond donors (Lipinski definition) is 1. The molecule has 0 spiro atoms. The summed E-state index contributed by atoms with van der Waals surface area (Å²) in [4.78, 5) is 37.8. The third-order valence-electron chi connectivity index (χ3n) is 4.02. The summed E-state index contributed by atoms with van der Waals surface area (Å²) in [6.07, 6.45) is 0.598. The van der Waals surface area contributed by atoms with E-state index < -0.39 is 47.7 Å². The van der Waals surface area contributed by atoms with Crippen LogP contribution in [0.4, 0.5) is 19.3 Å². The minimum absolute atomic E-state index is 0.0231. The molecular formula is C19H23BrF2N2O5. The monoisotopic (exact) mass is 476 g/mol. The Kier molecular flexibility index (Phi) is 7.56. The number of nitrogens with zero attached hydrogens (tertiary/aromatic N) is 1. The van der Waals surface area contributed by atoms with E-state index in [-0.39, 0.29) is 16.7 Å². The number of carbonyl (C=O) groups excluding carboxylic acids is 3. The number of hydrogen-bond acceptors (Lipinski definition) is 5. The van der Waals surface area contributed by atoms with Gasteiger partial charge in [-0.1, -0.05) is 0 Å². The number of halogens is 3. The number of piperidine rings is 1. The van der Waals surface area contributed by atoms with E-state index >= 15 is 0 Å². The van der Waals surface area contributed by atoms with Gasteiger partial charge >= 0.3 is 12.1 Å². The van der Waals surface area contributed by atoms with Crippen molar-refractivity contribution in [2.24, 2.45) is 5.92 Å². The molecule has 10 heteroatoms. The predicted molar refractivity (Wildman–Crippen MR) is 104 cm³/mol. The molecule has 1 fully saturated rings. The first kappa shape index (κ1) is 23.1. The lowest BCUT2D eigenvalue weighted by Crippen LogP contribution is -2.45. The average molecular weight is 477 g/mol. The molecule has 7 nitrogen and oxygen atoms in total. The molecular weight excluding hydrogens is 454 g/mol. The second kappa shape index (κ2) is 9.51. The first-order valence-corrected chi connectivity index (χ1v) is 9.84. The van der Waals surface area contributed by atoms with Gasteiger partial charge in [0.1, 0.15) is 11.4 Å². The van der Waals surface area contributed by atoms with Crippen molar-refractivity contribution in [3.8, 4) is 0 Å². The Balaban J connectivity index is 1.87. The highest BCUT2D eigenvalue weighted by atomic mass is 79.9. The molecule has 1 unspecified atom stereocenters. The van der Waals surface area contributed by atoms with Gasteiger partial charge in [-0.15, -0.1) is 0 Å². The van der Waals surface area contributed by atoms with Crippen LogP contribution in [-0.2, 0) is 19.1 Å². The zero-order valence-electron chi connectivity index (χ0n) is 16.4. The highest BCUT2D eigenvalue weighted by Crippen LogP contribution is 2.27. The Morgan fingerprint density at radius 2 is 1.97 bits per heavy atom. The van der Waals surface area contributed by atoms with Crippen LogP contribution in [0.5, 0.6) is 0 Å². The summed E-state index contributed by atoms with van der Waals surface area (Å²) >= 11 is 2.96. The summed E-state index contributed by atoms with van der Waals surface area (Å²) in [6, 6.07) is 1.62. The molecule has 1 atom stereocenters. The van der Waals surface area contributed by atoms with E-state index in [1.54, 1.807) is 20.8 Å². The molecule has 29 heavy (non-hydrogen) atoms. The summed E-state index contributed by atoms with van der Waals surface area (Å²) in [7, 11) is 0. The Bertz CT molecular complexity index is 774. The number of esters is 1. The summed E-state index contributed by atoms with van der Waals surface area (Å²) in [6.45, 7) is 5.22. The van der Waals surface area contributed by atoms with E-state index in [0.29, 0.717) is 25.5 Å². The van der Waals surface area contributed by atoms with Gasteiger partial charge < -0.3 is 19.7 Å². The Labute approximate surface area is 175 Å². The number of anilines is 1. The SMILES string of the molecule is CC(C)(C)OC(=O)N1CCCC(C(=O)OCC(=O)Nc2c(F)cc(F)cc2Br)C1. The standard InChI is InChI=1S/C19H23BrF2N2O5/c1-19(2,3)29-18(27)24-6-4-5-11(9-24)17(26)28-10-15(25)23-16-13(20)7-12(21)8-14(16)22/h7-8,11H,4-6,9-10H2,1-3H3,(H,23,25). The number of amides is 2. The lowest BCUT2D eigenvalue weighted by molar-refractivity contribution is -0.153. The minimum Gasteiger partial charge on any atom is -0.455 e. The van der Waals surface area contributed by atoms with Crippen LogP contribution < -0.4 is 5.32 Å². The van der Waals surface area contributed by atoms with Gasteiger partial charge in [0.05, 0.1) is 11.6 Å². The molecule has 2 rings (SSSR count). The fourth-order valence-corrected chi connectivity index (χ4v) is 3.26. The Hall–Kier alpha value is -2.23. The van der Waals surface area contributed by atoms with Crippen molar-refractivity contribution in [1.29, 1.82) is 0 Å². The third kappa shape index (κ3) is 6.95. The normalized spacial score (nSPS) is 16.9. The second-order valence-electron chi connectivity index (χ2n) is 7.67. The Morgan fingerprint density at radius 1 is 1.28 bits per heavy atom. The maximum atomic E-state index is 13.8. The van der Waals surface area contributed by atoms with Crippen molar-refractivity contribution >= 4 is 39.6 Å². The molecule has 0 aliphatic carbocycles. The van der Waals surface area contributed by atoms with E-state index in [1.807, 2.05) is 0 Å². The van der Waals surface area contributed by atoms with Gasteiger partial charge in [0.25, 0.3) is 5.91 Å². The van der Waals surface area contributed by atoms with E-state index in [2.05, 4.69) is 21.2 Å². The summed E-state index contributed by atoms with van der Waals surface area (Å²) < 4.78 is 37.2. The number of rotatable bonds is 4. The van der Waals surface area contributed by atoms with Crippen molar-refractivity contribution in [1.82, 2.24) is 4.90 Å². The van der Waals surface area contributed by atoms with Gasteiger partial charge in [0.15, 0.2) is 12.4 Å². The van der Waals surface area contributed by atoms with Gasteiger partial charge in [-0.05, 0) is 55.6 Å². The van der Waals surface area contributed by atoms with Gasteiger partial charge in [0, 0.05) is 23.6 Å². The molecule has 1 saturated heterocycles. The Morgan fingerprint density at radius 3 is 2.59 bits per heavy atom. The third-order valence-corrected chi connectivity index (χ3v) is 4.65. The highest BCUT2D eigenvalue weighted by Gasteiger charge is 2.32. The number of carbonyl (C=O) groups is 3. The van der Waals surface area contributed by atoms with E-state index in [0.717, 1.165) is 6.07 Å². The quantitative estimate of drug-likeness (QED) is 0.666. The molecule has 1 aromatic carbocycles. The summed E-state index contributed by atoms with van der Waals surface area (Å²) in [5.41, 5.74) is -0.895. The molecule has 0 aromatic heterocycles.